The Bertz CT molecular complexity index is 401. The molecule has 1 unspecified atom stereocenters. The second-order valence-electron chi connectivity index (χ2n) is 5.93. The number of benzene rings is 1. The Morgan fingerprint density at radius 3 is 2.84 bits per heavy atom. The molecule has 2 saturated heterocycles. The topological polar surface area (TPSA) is 18.5 Å². The van der Waals surface area contributed by atoms with E-state index < -0.39 is 0 Å². The third-order valence-electron chi connectivity index (χ3n) is 4.48. The van der Waals surface area contributed by atoms with Gasteiger partial charge in [0.15, 0.2) is 0 Å². The zero-order valence-corrected chi connectivity index (χ0v) is 11.9. The zero-order valence-electron chi connectivity index (χ0n) is 11.9. The molecule has 104 valence electrons. The molecule has 1 atom stereocenters. The Morgan fingerprint density at radius 2 is 2.00 bits per heavy atom. The average molecular weight is 259 g/mol. The number of hydrogen-bond acceptors (Lipinski definition) is 3. The van der Waals surface area contributed by atoms with Crippen molar-refractivity contribution in [3.05, 3.63) is 29.8 Å². The standard InChI is InChI=1S/C16H25N3/c1-14-4-6-15(7-5-14)17-8-10-18-11-12-19-9-2-3-16(19)13-18/h4-7,16-17H,2-3,8-13H2,1H3. The molecule has 2 fully saturated rings. The minimum absolute atomic E-state index is 0.841. The number of nitrogens with one attached hydrogen (secondary N) is 1. The van der Waals surface area contributed by atoms with E-state index in [1.807, 2.05) is 0 Å². The molecule has 1 N–H and O–H groups in total. The molecule has 3 heteroatoms. The van der Waals surface area contributed by atoms with Crippen LogP contribution >= 0.6 is 0 Å². The van der Waals surface area contributed by atoms with Crippen molar-refractivity contribution in [2.75, 3.05) is 44.6 Å². The number of aryl methyl sites for hydroxylation is 1. The van der Waals surface area contributed by atoms with Gasteiger partial charge < -0.3 is 5.32 Å². The van der Waals surface area contributed by atoms with Gasteiger partial charge in [-0.2, -0.15) is 0 Å². The van der Waals surface area contributed by atoms with Crippen molar-refractivity contribution in [2.24, 2.45) is 0 Å². The first-order valence-corrected chi connectivity index (χ1v) is 7.58. The molecular formula is C16H25N3. The van der Waals surface area contributed by atoms with E-state index in [0.29, 0.717) is 0 Å². The Balaban J connectivity index is 1.41. The van der Waals surface area contributed by atoms with Crippen molar-refractivity contribution < 1.29 is 0 Å². The van der Waals surface area contributed by atoms with Crippen molar-refractivity contribution in [3.63, 3.8) is 0 Å². The molecule has 2 aliphatic heterocycles. The average Bonchev–Trinajstić information content (AvgIpc) is 2.88. The summed E-state index contributed by atoms with van der Waals surface area (Å²) in [6.07, 6.45) is 2.81. The first-order chi connectivity index (χ1) is 9.31. The molecule has 1 aromatic carbocycles. The molecule has 3 nitrogen and oxygen atoms in total. The second-order valence-corrected chi connectivity index (χ2v) is 5.93. The fourth-order valence-corrected chi connectivity index (χ4v) is 3.29. The lowest BCUT2D eigenvalue weighted by Crippen LogP contribution is -2.51. The lowest BCUT2D eigenvalue weighted by molar-refractivity contribution is 0.108. The molecule has 0 aromatic heterocycles. The van der Waals surface area contributed by atoms with E-state index in [0.717, 1.165) is 19.1 Å². The number of rotatable bonds is 4. The van der Waals surface area contributed by atoms with Gasteiger partial charge in [0.25, 0.3) is 0 Å². The number of hydrogen-bond donors (Lipinski definition) is 1. The van der Waals surface area contributed by atoms with E-state index >= 15 is 0 Å². The molecular weight excluding hydrogens is 234 g/mol. The molecule has 0 spiro atoms. The van der Waals surface area contributed by atoms with Crippen LogP contribution in [0.15, 0.2) is 24.3 Å². The van der Waals surface area contributed by atoms with E-state index in [9.17, 15) is 0 Å². The maximum absolute atomic E-state index is 3.52. The summed E-state index contributed by atoms with van der Waals surface area (Å²) in [5.74, 6) is 0. The van der Waals surface area contributed by atoms with Gasteiger partial charge in [-0.25, -0.2) is 0 Å². The van der Waals surface area contributed by atoms with Gasteiger partial charge in [0.1, 0.15) is 0 Å². The minimum atomic E-state index is 0.841. The van der Waals surface area contributed by atoms with Crippen molar-refractivity contribution in [1.29, 1.82) is 0 Å². The lowest BCUT2D eigenvalue weighted by Gasteiger charge is -2.37. The normalized spacial score (nSPS) is 24.4. The van der Waals surface area contributed by atoms with Crippen LogP contribution in [-0.2, 0) is 0 Å². The van der Waals surface area contributed by atoms with E-state index in [1.165, 1.54) is 50.3 Å². The summed E-state index contributed by atoms with van der Waals surface area (Å²) in [4.78, 5) is 5.29. The molecule has 19 heavy (non-hydrogen) atoms. The Labute approximate surface area is 116 Å². The van der Waals surface area contributed by atoms with Crippen LogP contribution in [0, 0.1) is 6.92 Å². The number of piperazine rings is 1. The highest BCUT2D eigenvalue weighted by molar-refractivity contribution is 5.44. The Morgan fingerprint density at radius 1 is 1.16 bits per heavy atom. The Kier molecular flexibility index (Phi) is 4.04. The van der Waals surface area contributed by atoms with Crippen LogP contribution in [0.3, 0.4) is 0 Å². The van der Waals surface area contributed by atoms with Gasteiger partial charge in [0.05, 0.1) is 0 Å². The summed E-state index contributed by atoms with van der Waals surface area (Å²) in [5, 5.41) is 3.52. The van der Waals surface area contributed by atoms with Crippen LogP contribution in [0.4, 0.5) is 5.69 Å². The van der Waals surface area contributed by atoms with Crippen LogP contribution < -0.4 is 5.32 Å². The monoisotopic (exact) mass is 259 g/mol. The maximum Gasteiger partial charge on any atom is 0.0340 e. The lowest BCUT2D eigenvalue weighted by atomic mass is 10.1. The fourth-order valence-electron chi connectivity index (χ4n) is 3.29. The summed E-state index contributed by atoms with van der Waals surface area (Å²) in [7, 11) is 0. The summed E-state index contributed by atoms with van der Waals surface area (Å²) in [6.45, 7) is 9.47. The predicted octanol–water partition coefficient (Wildman–Crippen LogP) is 2.19. The van der Waals surface area contributed by atoms with E-state index in [1.54, 1.807) is 0 Å². The minimum Gasteiger partial charge on any atom is -0.384 e. The highest BCUT2D eigenvalue weighted by atomic mass is 15.3. The molecule has 3 rings (SSSR count). The third kappa shape index (κ3) is 3.28. The smallest absolute Gasteiger partial charge is 0.0340 e. The SMILES string of the molecule is Cc1ccc(NCCN2CCN3CCCC3C2)cc1. The second kappa shape index (κ2) is 5.93. The van der Waals surface area contributed by atoms with E-state index in [-0.39, 0.29) is 0 Å². The van der Waals surface area contributed by atoms with E-state index in [4.69, 9.17) is 0 Å². The summed E-state index contributed by atoms with van der Waals surface area (Å²) >= 11 is 0. The maximum atomic E-state index is 3.52. The number of nitrogens with zero attached hydrogens (tertiary/aromatic N) is 2. The molecule has 2 heterocycles. The molecule has 0 aliphatic carbocycles. The Hall–Kier alpha value is -1.06. The molecule has 0 radical (unpaired) electrons. The number of anilines is 1. The summed E-state index contributed by atoms with van der Waals surface area (Å²) in [6, 6.07) is 9.52. The molecule has 0 saturated carbocycles. The van der Waals surface area contributed by atoms with Crippen molar-refractivity contribution in [3.8, 4) is 0 Å². The summed E-state index contributed by atoms with van der Waals surface area (Å²) in [5.41, 5.74) is 2.56. The highest BCUT2D eigenvalue weighted by Gasteiger charge is 2.29. The first kappa shape index (κ1) is 12.9. The van der Waals surface area contributed by atoms with Gasteiger partial charge in [-0.05, 0) is 38.4 Å². The molecule has 0 bridgehead atoms. The fraction of sp³-hybridized carbons (Fsp3) is 0.625. The highest BCUT2D eigenvalue weighted by Crippen LogP contribution is 2.21. The molecule has 2 aliphatic rings. The van der Waals surface area contributed by atoms with Crippen molar-refractivity contribution in [2.45, 2.75) is 25.8 Å². The van der Waals surface area contributed by atoms with Gasteiger partial charge in [-0.15, -0.1) is 0 Å². The van der Waals surface area contributed by atoms with Gasteiger partial charge in [0, 0.05) is 44.5 Å². The van der Waals surface area contributed by atoms with Gasteiger partial charge in [-0.1, -0.05) is 17.7 Å². The van der Waals surface area contributed by atoms with Gasteiger partial charge in [-0.3, -0.25) is 9.80 Å². The van der Waals surface area contributed by atoms with Crippen LogP contribution in [0.2, 0.25) is 0 Å². The van der Waals surface area contributed by atoms with Gasteiger partial charge >= 0.3 is 0 Å². The quantitative estimate of drug-likeness (QED) is 0.894. The van der Waals surface area contributed by atoms with Crippen LogP contribution in [-0.4, -0.2) is 55.1 Å². The van der Waals surface area contributed by atoms with Crippen LogP contribution in [0.25, 0.3) is 0 Å². The van der Waals surface area contributed by atoms with E-state index in [2.05, 4.69) is 46.3 Å². The molecule has 0 amide bonds. The first-order valence-electron chi connectivity index (χ1n) is 7.58. The predicted molar refractivity (Wildman–Crippen MR) is 80.7 cm³/mol. The van der Waals surface area contributed by atoms with Crippen molar-refractivity contribution >= 4 is 5.69 Å². The number of fused-ring (bicyclic) bond motifs is 1. The van der Waals surface area contributed by atoms with Gasteiger partial charge in [0.2, 0.25) is 0 Å². The summed E-state index contributed by atoms with van der Waals surface area (Å²) < 4.78 is 0. The largest absolute Gasteiger partial charge is 0.384 e. The zero-order chi connectivity index (χ0) is 13.1. The molecule has 1 aromatic rings. The third-order valence-corrected chi connectivity index (χ3v) is 4.48. The van der Waals surface area contributed by atoms with Crippen LogP contribution in [0.5, 0.6) is 0 Å². The van der Waals surface area contributed by atoms with Crippen molar-refractivity contribution in [1.82, 2.24) is 9.80 Å². The van der Waals surface area contributed by atoms with Crippen LogP contribution in [0.1, 0.15) is 18.4 Å².